The van der Waals surface area contributed by atoms with Gasteiger partial charge in [0.15, 0.2) is 0 Å². The van der Waals surface area contributed by atoms with Crippen molar-refractivity contribution in [2.45, 2.75) is 19.5 Å². The highest BCUT2D eigenvalue weighted by Gasteiger charge is 2.31. The van der Waals surface area contributed by atoms with Crippen molar-refractivity contribution in [1.82, 2.24) is 24.4 Å². The molecule has 154 valence electrons. The van der Waals surface area contributed by atoms with E-state index in [-0.39, 0.29) is 11.9 Å². The van der Waals surface area contributed by atoms with Crippen molar-refractivity contribution in [3.63, 3.8) is 0 Å². The third-order valence-corrected chi connectivity index (χ3v) is 6.76. The number of rotatable bonds is 5. The van der Waals surface area contributed by atoms with Crippen LogP contribution in [0.5, 0.6) is 5.88 Å². The molecule has 1 saturated heterocycles. The van der Waals surface area contributed by atoms with E-state index in [1.165, 1.54) is 22.5 Å². The Balaban J connectivity index is 1.40. The minimum atomic E-state index is -0.00104. The first-order chi connectivity index (χ1) is 14.7. The zero-order valence-electron chi connectivity index (χ0n) is 17.0. The predicted octanol–water partition coefficient (Wildman–Crippen LogP) is 3.71. The molecule has 1 aliphatic heterocycles. The van der Waals surface area contributed by atoms with Crippen molar-refractivity contribution in [3.8, 4) is 5.88 Å². The van der Waals surface area contributed by atoms with Crippen LogP contribution in [0.25, 0.3) is 4.96 Å². The molecule has 0 spiro atoms. The maximum Gasteiger partial charge on any atom is 0.230 e. The molecule has 2 aromatic heterocycles. The lowest BCUT2D eigenvalue weighted by Crippen LogP contribution is -2.47. The van der Waals surface area contributed by atoms with Crippen LogP contribution in [0.4, 0.5) is 0 Å². The van der Waals surface area contributed by atoms with Crippen LogP contribution in [-0.2, 0) is 6.54 Å². The Labute approximate surface area is 180 Å². The Bertz CT molecular complexity index is 1120. The average Bonchev–Trinajstić information content (AvgIpc) is 3.28. The summed E-state index contributed by atoms with van der Waals surface area (Å²) in [4.78, 5) is 11.1. The summed E-state index contributed by atoms with van der Waals surface area (Å²) >= 11 is 1.53. The molecular formula is C23H25N5OS. The summed E-state index contributed by atoms with van der Waals surface area (Å²) in [6, 6.07) is 21.1. The summed E-state index contributed by atoms with van der Waals surface area (Å²) in [7, 11) is 0. The second kappa shape index (κ2) is 8.18. The number of nitrogens with zero attached hydrogens (tertiary/aromatic N) is 5. The van der Waals surface area contributed by atoms with Crippen LogP contribution in [0.1, 0.15) is 27.9 Å². The van der Waals surface area contributed by atoms with Gasteiger partial charge in [-0.3, -0.25) is 9.80 Å². The van der Waals surface area contributed by atoms with Gasteiger partial charge in [0.25, 0.3) is 0 Å². The molecule has 6 nitrogen and oxygen atoms in total. The van der Waals surface area contributed by atoms with Gasteiger partial charge in [0, 0.05) is 32.7 Å². The van der Waals surface area contributed by atoms with Gasteiger partial charge >= 0.3 is 0 Å². The largest absolute Gasteiger partial charge is 0.492 e. The van der Waals surface area contributed by atoms with Crippen LogP contribution < -0.4 is 0 Å². The molecular weight excluding hydrogens is 394 g/mol. The van der Waals surface area contributed by atoms with E-state index >= 15 is 0 Å². The minimum Gasteiger partial charge on any atom is -0.492 e. The molecule has 0 unspecified atom stereocenters. The molecule has 3 heterocycles. The Kier molecular flexibility index (Phi) is 5.25. The summed E-state index contributed by atoms with van der Waals surface area (Å²) in [5, 5.41) is 15.3. The molecule has 0 bridgehead atoms. The van der Waals surface area contributed by atoms with Crippen LogP contribution in [-0.4, -0.2) is 55.7 Å². The van der Waals surface area contributed by atoms with Gasteiger partial charge in [0.2, 0.25) is 10.8 Å². The minimum absolute atomic E-state index is 0.00104. The summed E-state index contributed by atoms with van der Waals surface area (Å²) in [5.74, 6) is 0.880. The zero-order valence-corrected chi connectivity index (χ0v) is 17.8. The number of benzene rings is 2. The van der Waals surface area contributed by atoms with E-state index < -0.39 is 0 Å². The number of hydrogen-bond donors (Lipinski definition) is 1. The van der Waals surface area contributed by atoms with Crippen molar-refractivity contribution < 1.29 is 5.11 Å². The van der Waals surface area contributed by atoms with Crippen LogP contribution >= 0.6 is 11.3 Å². The van der Waals surface area contributed by atoms with Crippen LogP contribution in [0.3, 0.4) is 0 Å². The van der Waals surface area contributed by atoms with Gasteiger partial charge in [-0.15, -0.1) is 5.10 Å². The second-order valence-electron chi connectivity index (χ2n) is 7.75. The number of aromatic hydroxyl groups is 1. The molecule has 1 atom stereocenters. The van der Waals surface area contributed by atoms with Gasteiger partial charge in [-0.1, -0.05) is 72.0 Å². The van der Waals surface area contributed by atoms with Crippen molar-refractivity contribution in [2.24, 2.45) is 0 Å². The topological polar surface area (TPSA) is 56.9 Å². The first-order valence-electron chi connectivity index (χ1n) is 10.3. The highest BCUT2D eigenvalue weighted by molar-refractivity contribution is 7.17. The molecule has 4 aromatic rings. The zero-order chi connectivity index (χ0) is 20.5. The van der Waals surface area contributed by atoms with Gasteiger partial charge in [0.05, 0.1) is 10.9 Å². The highest BCUT2D eigenvalue weighted by Crippen LogP contribution is 2.40. The Morgan fingerprint density at radius 2 is 1.63 bits per heavy atom. The van der Waals surface area contributed by atoms with E-state index in [2.05, 4.69) is 74.5 Å². The molecule has 1 aliphatic rings. The number of hydrogen-bond acceptors (Lipinski definition) is 6. The fourth-order valence-electron chi connectivity index (χ4n) is 4.21. The quantitative estimate of drug-likeness (QED) is 0.534. The standard InChI is InChI=1S/C23H25N5OS/c1-17-24-23-28(25-17)22(29)21(30-23)20(19-10-6-3-7-11-19)27-14-12-26(13-15-27)16-18-8-4-2-5-9-18/h2-11,20,29H,12-16H2,1H3/t20-/m1/s1. The Morgan fingerprint density at radius 3 is 2.30 bits per heavy atom. The summed E-state index contributed by atoms with van der Waals surface area (Å²) in [5.41, 5.74) is 2.54. The lowest BCUT2D eigenvalue weighted by Gasteiger charge is -2.39. The van der Waals surface area contributed by atoms with Crippen molar-refractivity contribution in [1.29, 1.82) is 0 Å². The van der Waals surface area contributed by atoms with Gasteiger partial charge in [-0.2, -0.15) is 4.52 Å². The van der Waals surface area contributed by atoms with Gasteiger partial charge < -0.3 is 5.11 Å². The van der Waals surface area contributed by atoms with Gasteiger partial charge in [-0.25, -0.2) is 4.98 Å². The summed E-state index contributed by atoms with van der Waals surface area (Å²) in [6.07, 6.45) is 0. The lowest BCUT2D eigenvalue weighted by molar-refractivity contribution is 0.105. The van der Waals surface area contributed by atoms with E-state index in [0.717, 1.165) is 42.6 Å². The third kappa shape index (κ3) is 3.71. The smallest absolute Gasteiger partial charge is 0.230 e. The van der Waals surface area contributed by atoms with E-state index in [1.54, 1.807) is 4.52 Å². The molecule has 0 radical (unpaired) electrons. The van der Waals surface area contributed by atoms with Crippen LogP contribution in [0.15, 0.2) is 60.7 Å². The SMILES string of the molecule is Cc1nc2sc([C@@H](c3ccccc3)N3CCN(Cc4ccccc4)CC3)c(O)n2n1. The number of piperazine rings is 1. The Hall–Kier alpha value is -2.74. The second-order valence-corrected chi connectivity index (χ2v) is 8.76. The van der Waals surface area contributed by atoms with E-state index in [0.29, 0.717) is 5.82 Å². The number of aryl methyl sites for hydroxylation is 1. The molecule has 0 amide bonds. The van der Waals surface area contributed by atoms with E-state index in [9.17, 15) is 5.11 Å². The average molecular weight is 420 g/mol. The van der Waals surface area contributed by atoms with Gasteiger partial charge in [0.1, 0.15) is 5.82 Å². The third-order valence-electron chi connectivity index (χ3n) is 5.69. The Morgan fingerprint density at radius 1 is 0.967 bits per heavy atom. The first-order valence-corrected chi connectivity index (χ1v) is 11.1. The molecule has 1 fully saturated rings. The van der Waals surface area contributed by atoms with E-state index in [1.807, 2.05) is 13.0 Å². The monoisotopic (exact) mass is 419 g/mol. The summed E-state index contributed by atoms with van der Waals surface area (Å²) in [6.45, 7) is 6.71. The van der Waals surface area contributed by atoms with Crippen LogP contribution in [0, 0.1) is 6.92 Å². The van der Waals surface area contributed by atoms with Crippen molar-refractivity contribution >= 4 is 16.3 Å². The highest BCUT2D eigenvalue weighted by atomic mass is 32.1. The molecule has 1 N–H and O–H groups in total. The number of aromatic nitrogens is 3. The lowest BCUT2D eigenvalue weighted by atomic mass is 10.0. The molecule has 0 saturated carbocycles. The number of fused-ring (bicyclic) bond motifs is 1. The summed E-state index contributed by atoms with van der Waals surface area (Å²) < 4.78 is 1.57. The predicted molar refractivity (Wildman–Crippen MR) is 119 cm³/mol. The maximum absolute atomic E-state index is 10.9. The van der Waals surface area contributed by atoms with Crippen LogP contribution in [0.2, 0.25) is 0 Å². The maximum atomic E-state index is 10.9. The molecule has 30 heavy (non-hydrogen) atoms. The van der Waals surface area contributed by atoms with E-state index in [4.69, 9.17) is 0 Å². The fourth-order valence-corrected chi connectivity index (χ4v) is 5.37. The molecule has 7 heteroatoms. The first kappa shape index (κ1) is 19.2. The van der Waals surface area contributed by atoms with Crippen molar-refractivity contribution in [3.05, 3.63) is 82.5 Å². The fraction of sp³-hybridized carbons (Fsp3) is 0.304. The molecule has 5 rings (SSSR count). The molecule has 2 aromatic carbocycles. The van der Waals surface area contributed by atoms with Gasteiger partial charge in [-0.05, 0) is 18.1 Å². The number of thiazole rings is 1. The van der Waals surface area contributed by atoms with Crippen molar-refractivity contribution in [2.75, 3.05) is 26.2 Å². The normalized spacial score (nSPS) is 16.8. The molecule has 0 aliphatic carbocycles.